The monoisotopic (exact) mass is 534 g/mol. The van der Waals surface area contributed by atoms with Crippen LogP contribution in [0, 0.1) is 29.5 Å². The molecule has 210 valence electrons. The van der Waals surface area contributed by atoms with Gasteiger partial charge in [-0.2, -0.15) is 0 Å². The van der Waals surface area contributed by atoms with Crippen LogP contribution in [0.25, 0.3) is 0 Å². The van der Waals surface area contributed by atoms with Crippen molar-refractivity contribution in [1.29, 1.82) is 0 Å². The van der Waals surface area contributed by atoms with Gasteiger partial charge in [-0.3, -0.25) is 0 Å². The van der Waals surface area contributed by atoms with E-state index in [1.54, 1.807) is 6.07 Å². The number of hydrogen-bond acceptors (Lipinski definition) is 0. The predicted octanol–water partition coefficient (Wildman–Crippen LogP) is 10.8. The molecule has 0 aliphatic rings. The van der Waals surface area contributed by atoms with E-state index >= 15 is 0 Å². The molecule has 0 saturated carbocycles. The number of benzene rings is 3. The van der Waals surface area contributed by atoms with Gasteiger partial charge in [0.15, 0.2) is 0 Å². The Morgan fingerprint density at radius 2 is 0.850 bits per heavy atom. The molecule has 40 heavy (non-hydrogen) atoms. The molecule has 0 heterocycles. The molecule has 0 aromatic heterocycles. The summed E-state index contributed by atoms with van der Waals surface area (Å²) in [5.41, 5.74) is 5.62. The SMILES string of the molecule is CCCCCCCCCCc1ccc(C#Cc2ccc(C#Cc3ccc(CCCCCCC)cc3)c(F)c2)cc1. The molecule has 1 heteroatoms. The van der Waals surface area contributed by atoms with Gasteiger partial charge in [-0.25, -0.2) is 4.39 Å². The molecular formula is C39H47F. The Balaban J connectivity index is 1.45. The van der Waals surface area contributed by atoms with E-state index in [0.29, 0.717) is 11.1 Å². The minimum absolute atomic E-state index is 0.330. The van der Waals surface area contributed by atoms with Crippen molar-refractivity contribution >= 4 is 0 Å². The lowest BCUT2D eigenvalue weighted by Gasteiger charge is -2.03. The zero-order chi connectivity index (χ0) is 28.3. The maximum Gasteiger partial charge on any atom is 0.140 e. The van der Waals surface area contributed by atoms with Crippen molar-refractivity contribution in [2.45, 2.75) is 110 Å². The summed E-state index contributed by atoms with van der Waals surface area (Å²) in [6.07, 6.45) is 19.4. The highest BCUT2D eigenvalue weighted by molar-refractivity contribution is 5.49. The molecule has 3 aromatic carbocycles. The highest BCUT2D eigenvalue weighted by Crippen LogP contribution is 2.14. The quantitative estimate of drug-likeness (QED) is 0.134. The molecule has 0 amide bonds. The maximum absolute atomic E-state index is 14.7. The molecule has 3 aromatic rings. The van der Waals surface area contributed by atoms with Gasteiger partial charge in [0.1, 0.15) is 5.82 Å². The number of rotatable bonds is 15. The summed E-state index contributed by atoms with van der Waals surface area (Å²) in [6, 6.07) is 21.9. The van der Waals surface area contributed by atoms with Crippen LogP contribution in [0.4, 0.5) is 4.39 Å². The second kappa shape index (κ2) is 18.9. The third-order valence-electron chi connectivity index (χ3n) is 7.46. The molecule has 0 spiro atoms. The molecule has 0 nitrogen and oxygen atoms in total. The van der Waals surface area contributed by atoms with E-state index in [1.807, 2.05) is 18.2 Å². The Hall–Kier alpha value is -3.29. The van der Waals surface area contributed by atoms with E-state index in [-0.39, 0.29) is 5.82 Å². The topological polar surface area (TPSA) is 0 Å². The molecule has 0 bridgehead atoms. The minimum atomic E-state index is -0.330. The highest BCUT2D eigenvalue weighted by Gasteiger charge is 2.01. The first-order valence-electron chi connectivity index (χ1n) is 15.7. The van der Waals surface area contributed by atoms with E-state index in [0.717, 1.165) is 24.0 Å². The molecule has 3 rings (SSSR count). The fraction of sp³-hybridized carbons (Fsp3) is 0.436. The summed E-state index contributed by atoms with van der Waals surface area (Å²) >= 11 is 0. The standard InChI is InChI=1S/C39H47F/c1-3-5-7-9-10-11-13-15-17-34-18-22-35(23-19-34)26-27-37-29-31-38(39(40)32-37)30-28-36-24-20-33(21-25-36)16-14-12-8-6-4-2/h18-25,29,31-32H,3-17H2,1-2H3. The summed E-state index contributed by atoms with van der Waals surface area (Å²) in [5, 5.41) is 0. The van der Waals surface area contributed by atoms with Gasteiger partial charge >= 0.3 is 0 Å². The Labute approximate surface area is 243 Å². The lowest BCUT2D eigenvalue weighted by Crippen LogP contribution is -1.88. The summed E-state index contributed by atoms with van der Waals surface area (Å²) in [7, 11) is 0. The summed E-state index contributed by atoms with van der Waals surface area (Å²) in [6.45, 7) is 4.51. The fourth-order valence-electron chi connectivity index (χ4n) is 4.88. The van der Waals surface area contributed by atoms with Gasteiger partial charge in [-0.1, -0.05) is 132 Å². The first-order chi connectivity index (χ1) is 19.7. The van der Waals surface area contributed by atoms with Gasteiger partial charge in [0.25, 0.3) is 0 Å². The number of halogens is 1. The summed E-state index contributed by atoms with van der Waals surface area (Å²) < 4.78 is 14.7. The van der Waals surface area contributed by atoms with Crippen molar-refractivity contribution in [1.82, 2.24) is 0 Å². The van der Waals surface area contributed by atoms with Crippen LogP contribution in [-0.4, -0.2) is 0 Å². The largest absolute Gasteiger partial charge is 0.206 e. The second-order valence-corrected chi connectivity index (χ2v) is 11.0. The first kappa shape index (κ1) is 31.2. The molecule has 0 atom stereocenters. The average molecular weight is 535 g/mol. The molecular weight excluding hydrogens is 487 g/mol. The zero-order valence-electron chi connectivity index (χ0n) is 24.8. The van der Waals surface area contributed by atoms with Crippen LogP contribution in [0.5, 0.6) is 0 Å². The fourth-order valence-corrected chi connectivity index (χ4v) is 4.88. The van der Waals surface area contributed by atoms with Crippen LogP contribution in [0.15, 0.2) is 66.7 Å². The van der Waals surface area contributed by atoms with Gasteiger partial charge < -0.3 is 0 Å². The van der Waals surface area contributed by atoms with Crippen LogP contribution >= 0.6 is 0 Å². The van der Waals surface area contributed by atoms with Crippen molar-refractivity contribution in [3.63, 3.8) is 0 Å². The van der Waals surface area contributed by atoms with E-state index < -0.39 is 0 Å². The Morgan fingerprint density at radius 3 is 1.32 bits per heavy atom. The van der Waals surface area contributed by atoms with Crippen LogP contribution in [0.2, 0.25) is 0 Å². The van der Waals surface area contributed by atoms with Gasteiger partial charge in [-0.15, -0.1) is 0 Å². The molecule has 0 aliphatic heterocycles. The van der Waals surface area contributed by atoms with Gasteiger partial charge in [0.2, 0.25) is 0 Å². The Kier molecular flexibility index (Phi) is 14.8. The van der Waals surface area contributed by atoms with Crippen molar-refractivity contribution in [2.24, 2.45) is 0 Å². The molecule has 0 radical (unpaired) electrons. The zero-order valence-corrected chi connectivity index (χ0v) is 24.8. The predicted molar refractivity (Wildman–Crippen MR) is 170 cm³/mol. The van der Waals surface area contributed by atoms with E-state index in [9.17, 15) is 4.39 Å². The average Bonchev–Trinajstić information content (AvgIpc) is 2.98. The maximum atomic E-state index is 14.7. The first-order valence-corrected chi connectivity index (χ1v) is 15.7. The van der Waals surface area contributed by atoms with Gasteiger partial charge in [0, 0.05) is 16.7 Å². The number of unbranched alkanes of at least 4 members (excludes halogenated alkanes) is 11. The minimum Gasteiger partial charge on any atom is -0.206 e. The van der Waals surface area contributed by atoms with Crippen molar-refractivity contribution < 1.29 is 4.39 Å². The second-order valence-electron chi connectivity index (χ2n) is 11.0. The normalized spacial score (nSPS) is 10.5. The Morgan fingerprint density at radius 1 is 0.450 bits per heavy atom. The van der Waals surface area contributed by atoms with Crippen LogP contribution < -0.4 is 0 Å². The molecule has 0 saturated heterocycles. The molecule has 0 unspecified atom stereocenters. The lowest BCUT2D eigenvalue weighted by atomic mass is 10.0. The van der Waals surface area contributed by atoms with Crippen molar-refractivity contribution in [2.75, 3.05) is 0 Å². The number of aryl methyl sites for hydroxylation is 2. The van der Waals surface area contributed by atoms with Crippen LogP contribution in [0.3, 0.4) is 0 Å². The molecule has 0 fully saturated rings. The molecule has 0 aliphatic carbocycles. The van der Waals surface area contributed by atoms with E-state index in [4.69, 9.17) is 0 Å². The van der Waals surface area contributed by atoms with E-state index in [2.05, 4.69) is 73.9 Å². The van der Waals surface area contributed by atoms with Gasteiger partial charge in [-0.05, 0) is 79.3 Å². The third-order valence-corrected chi connectivity index (χ3v) is 7.46. The summed E-state index contributed by atoms with van der Waals surface area (Å²) in [5.74, 6) is 12.0. The van der Waals surface area contributed by atoms with Gasteiger partial charge in [0.05, 0.1) is 5.56 Å². The third kappa shape index (κ3) is 12.3. The van der Waals surface area contributed by atoms with Crippen molar-refractivity contribution in [3.8, 4) is 23.7 Å². The van der Waals surface area contributed by atoms with Crippen LogP contribution in [-0.2, 0) is 12.8 Å². The van der Waals surface area contributed by atoms with Crippen molar-refractivity contribution in [3.05, 3.63) is 106 Å². The highest BCUT2D eigenvalue weighted by atomic mass is 19.1. The Bertz CT molecular complexity index is 1240. The summed E-state index contributed by atoms with van der Waals surface area (Å²) in [4.78, 5) is 0. The smallest absolute Gasteiger partial charge is 0.140 e. The van der Waals surface area contributed by atoms with Crippen LogP contribution in [0.1, 0.15) is 131 Å². The lowest BCUT2D eigenvalue weighted by molar-refractivity contribution is 0.575. The number of hydrogen-bond donors (Lipinski definition) is 0. The molecule has 0 N–H and O–H groups in total. The van der Waals surface area contributed by atoms with E-state index in [1.165, 1.54) is 101 Å².